The third-order valence-electron chi connectivity index (χ3n) is 3.38. The first-order valence-corrected chi connectivity index (χ1v) is 8.91. The SMILES string of the molecule is CN(C)CCN(C(=O)c1cccs1)c1nc2c(F)cc(F)cc2s1. The molecule has 24 heavy (non-hydrogen) atoms. The lowest BCUT2D eigenvalue weighted by atomic mass is 10.3. The number of amides is 1. The van der Waals surface area contributed by atoms with Crippen molar-refractivity contribution < 1.29 is 13.6 Å². The Morgan fingerprint density at radius 3 is 2.71 bits per heavy atom. The zero-order valence-corrected chi connectivity index (χ0v) is 14.8. The smallest absolute Gasteiger partial charge is 0.270 e. The predicted octanol–water partition coefficient (Wildman–Crippen LogP) is 3.84. The molecule has 8 heteroatoms. The number of thiazole rings is 1. The zero-order valence-electron chi connectivity index (χ0n) is 13.1. The van der Waals surface area contributed by atoms with Gasteiger partial charge >= 0.3 is 0 Å². The Balaban J connectivity index is 2.01. The molecule has 0 spiro atoms. The topological polar surface area (TPSA) is 36.4 Å². The van der Waals surface area contributed by atoms with Crippen molar-refractivity contribution in [3.05, 3.63) is 46.2 Å². The molecule has 126 valence electrons. The summed E-state index contributed by atoms with van der Waals surface area (Å²) in [6.45, 7) is 1.04. The summed E-state index contributed by atoms with van der Waals surface area (Å²) in [5.41, 5.74) is 0.0882. The van der Waals surface area contributed by atoms with Gasteiger partial charge in [0.25, 0.3) is 5.91 Å². The van der Waals surface area contributed by atoms with Crippen LogP contribution in [0.2, 0.25) is 0 Å². The molecular formula is C16H15F2N3OS2. The highest BCUT2D eigenvalue weighted by Gasteiger charge is 2.23. The van der Waals surface area contributed by atoms with Crippen LogP contribution >= 0.6 is 22.7 Å². The second kappa shape index (κ2) is 6.92. The van der Waals surface area contributed by atoms with Crippen molar-refractivity contribution in [2.75, 3.05) is 32.1 Å². The molecule has 0 N–H and O–H groups in total. The van der Waals surface area contributed by atoms with Crippen LogP contribution in [0.15, 0.2) is 29.6 Å². The molecule has 0 atom stereocenters. The summed E-state index contributed by atoms with van der Waals surface area (Å²) >= 11 is 2.45. The van der Waals surface area contributed by atoms with E-state index in [2.05, 4.69) is 4.98 Å². The van der Waals surface area contributed by atoms with Crippen molar-refractivity contribution in [1.29, 1.82) is 0 Å². The van der Waals surface area contributed by atoms with Gasteiger partial charge in [0.15, 0.2) is 10.9 Å². The van der Waals surface area contributed by atoms with Crippen molar-refractivity contribution in [2.24, 2.45) is 0 Å². The van der Waals surface area contributed by atoms with Gasteiger partial charge in [-0.25, -0.2) is 13.8 Å². The molecule has 2 heterocycles. The van der Waals surface area contributed by atoms with Crippen LogP contribution in [0.4, 0.5) is 13.9 Å². The number of thiophene rings is 1. The van der Waals surface area contributed by atoms with Crippen molar-refractivity contribution in [3.8, 4) is 0 Å². The van der Waals surface area contributed by atoms with Crippen LogP contribution in [0.1, 0.15) is 9.67 Å². The quantitative estimate of drug-likeness (QED) is 0.687. The lowest BCUT2D eigenvalue weighted by molar-refractivity contribution is 0.0989. The number of carbonyl (C=O) groups excluding carboxylic acids is 1. The number of aromatic nitrogens is 1. The van der Waals surface area contributed by atoms with E-state index in [1.54, 1.807) is 12.1 Å². The number of nitrogens with zero attached hydrogens (tertiary/aromatic N) is 3. The van der Waals surface area contributed by atoms with Crippen LogP contribution < -0.4 is 4.90 Å². The summed E-state index contributed by atoms with van der Waals surface area (Å²) in [7, 11) is 3.81. The minimum absolute atomic E-state index is 0.0882. The van der Waals surface area contributed by atoms with Crippen molar-refractivity contribution >= 4 is 43.9 Å². The highest BCUT2D eigenvalue weighted by Crippen LogP contribution is 2.32. The van der Waals surface area contributed by atoms with E-state index in [4.69, 9.17) is 0 Å². The molecule has 1 amide bonds. The normalized spacial score (nSPS) is 11.4. The lowest BCUT2D eigenvalue weighted by Crippen LogP contribution is -2.36. The Morgan fingerprint density at radius 1 is 1.25 bits per heavy atom. The average Bonchev–Trinajstić information content (AvgIpc) is 3.16. The molecular weight excluding hydrogens is 352 g/mol. The van der Waals surface area contributed by atoms with Gasteiger partial charge in [-0.15, -0.1) is 11.3 Å². The monoisotopic (exact) mass is 367 g/mol. The van der Waals surface area contributed by atoms with E-state index in [-0.39, 0.29) is 11.4 Å². The molecule has 0 saturated carbocycles. The highest BCUT2D eigenvalue weighted by atomic mass is 32.1. The molecule has 0 bridgehead atoms. The van der Waals surface area contributed by atoms with E-state index in [1.807, 2.05) is 24.4 Å². The van der Waals surface area contributed by atoms with Gasteiger partial charge in [-0.2, -0.15) is 0 Å². The van der Waals surface area contributed by atoms with E-state index in [9.17, 15) is 13.6 Å². The maximum absolute atomic E-state index is 13.9. The van der Waals surface area contributed by atoms with E-state index in [0.29, 0.717) is 27.8 Å². The van der Waals surface area contributed by atoms with Gasteiger partial charge < -0.3 is 4.90 Å². The Bertz CT molecular complexity index is 862. The van der Waals surface area contributed by atoms with Gasteiger partial charge in [0.1, 0.15) is 11.3 Å². The summed E-state index contributed by atoms with van der Waals surface area (Å²) in [5.74, 6) is -1.56. The van der Waals surface area contributed by atoms with Crippen molar-refractivity contribution in [2.45, 2.75) is 0 Å². The summed E-state index contributed by atoms with van der Waals surface area (Å²) in [5, 5.41) is 2.19. The number of hydrogen-bond acceptors (Lipinski definition) is 5. The van der Waals surface area contributed by atoms with Gasteiger partial charge in [-0.3, -0.25) is 9.69 Å². The van der Waals surface area contributed by atoms with E-state index in [0.717, 1.165) is 17.4 Å². The predicted molar refractivity (Wildman–Crippen MR) is 94.1 cm³/mol. The number of halogens is 2. The van der Waals surface area contributed by atoms with Gasteiger partial charge in [-0.1, -0.05) is 17.4 Å². The summed E-state index contributed by atoms with van der Waals surface area (Å²) in [6, 6.07) is 5.58. The summed E-state index contributed by atoms with van der Waals surface area (Å²) in [6.07, 6.45) is 0. The highest BCUT2D eigenvalue weighted by molar-refractivity contribution is 7.22. The fraction of sp³-hybridized carbons (Fsp3) is 0.250. The fourth-order valence-electron chi connectivity index (χ4n) is 2.18. The molecule has 4 nitrogen and oxygen atoms in total. The molecule has 3 aromatic rings. The third kappa shape index (κ3) is 3.45. The fourth-order valence-corrected chi connectivity index (χ4v) is 3.88. The number of carbonyl (C=O) groups is 1. The lowest BCUT2D eigenvalue weighted by Gasteiger charge is -2.21. The van der Waals surface area contributed by atoms with Crippen molar-refractivity contribution in [3.63, 3.8) is 0 Å². The van der Waals surface area contributed by atoms with E-state index in [1.165, 1.54) is 22.3 Å². The number of hydrogen-bond donors (Lipinski definition) is 0. The van der Waals surface area contributed by atoms with Crippen LogP contribution in [0.5, 0.6) is 0 Å². The van der Waals surface area contributed by atoms with Crippen LogP contribution in [-0.4, -0.2) is 43.0 Å². The van der Waals surface area contributed by atoms with Gasteiger partial charge in [0.2, 0.25) is 0 Å². The van der Waals surface area contributed by atoms with Crippen molar-refractivity contribution in [1.82, 2.24) is 9.88 Å². The van der Waals surface area contributed by atoms with E-state index >= 15 is 0 Å². The number of benzene rings is 1. The standard InChI is InChI=1S/C16H15F2N3OS2/c1-20(2)5-6-21(15(22)12-4-3-7-23-12)16-19-14-11(18)8-10(17)9-13(14)24-16/h3-4,7-9H,5-6H2,1-2H3. The number of anilines is 1. The molecule has 2 aromatic heterocycles. The summed E-state index contributed by atoms with van der Waals surface area (Å²) in [4.78, 5) is 21.0. The van der Waals surface area contributed by atoms with Crippen LogP contribution in [-0.2, 0) is 0 Å². The number of fused-ring (bicyclic) bond motifs is 1. The molecule has 3 rings (SSSR count). The van der Waals surface area contributed by atoms with Gasteiger partial charge in [0, 0.05) is 19.2 Å². The molecule has 0 saturated heterocycles. The number of likely N-dealkylation sites (N-methyl/N-ethyl adjacent to an activating group) is 1. The van der Waals surface area contributed by atoms with Crippen LogP contribution in [0, 0.1) is 11.6 Å². The second-order valence-corrected chi connectivity index (χ2v) is 7.42. The molecule has 0 aliphatic carbocycles. The molecule has 1 aromatic carbocycles. The van der Waals surface area contributed by atoms with Gasteiger partial charge in [-0.05, 0) is 31.6 Å². The minimum Gasteiger partial charge on any atom is -0.308 e. The molecule has 0 aliphatic rings. The second-order valence-electron chi connectivity index (χ2n) is 5.47. The Hall–Kier alpha value is -1.90. The molecule has 0 unspecified atom stereocenters. The minimum atomic E-state index is -0.719. The molecule has 0 fully saturated rings. The largest absolute Gasteiger partial charge is 0.308 e. The average molecular weight is 367 g/mol. The maximum atomic E-state index is 13.9. The first-order valence-electron chi connectivity index (χ1n) is 7.21. The van der Waals surface area contributed by atoms with Crippen LogP contribution in [0.25, 0.3) is 10.2 Å². The Kier molecular flexibility index (Phi) is 4.88. The summed E-state index contributed by atoms with van der Waals surface area (Å²) < 4.78 is 27.7. The number of rotatable bonds is 5. The zero-order chi connectivity index (χ0) is 17.3. The molecule has 0 radical (unpaired) electrons. The maximum Gasteiger partial charge on any atom is 0.270 e. The Morgan fingerprint density at radius 2 is 2.04 bits per heavy atom. The van der Waals surface area contributed by atoms with Crippen LogP contribution in [0.3, 0.4) is 0 Å². The third-order valence-corrected chi connectivity index (χ3v) is 5.26. The van der Waals surface area contributed by atoms with Gasteiger partial charge in [0.05, 0.1) is 9.58 Å². The molecule has 0 aliphatic heterocycles. The first kappa shape index (κ1) is 16.9. The van der Waals surface area contributed by atoms with E-state index < -0.39 is 11.6 Å². The Labute approximate surface area is 146 Å². The first-order chi connectivity index (χ1) is 11.5.